The van der Waals surface area contributed by atoms with Crippen LogP contribution in [0, 0.1) is 0 Å². The van der Waals surface area contributed by atoms with Gasteiger partial charge < -0.3 is 11.0 Å². The van der Waals surface area contributed by atoms with Crippen LogP contribution in [0.4, 0.5) is 0 Å². The minimum atomic E-state index is -1.91. The Morgan fingerprint density at radius 2 is 1.00 bits per heavy atom. The van der Waals surface area contributed by atoms with Crippen LogP contribution in [0.5, 0.6) is 0 Å². The fraction of sp³-hybridized carbons (Fsp3) is 0. The van der Waals surface area contributed by atoms with E-state index in [4.69, 9.17) is 7.01 Å². The van der Waals surface area contributed by atoms with Crippen molar-refractivity contribution in [3.8, 4) is 0 Å². The van der Waals surface area contributed by atoms with Gasteiger partial charge in [-0.2, -0.15) is 0 Å². The predicted molar refractivity (Wildman–Crippen MR) is 8.60 cm³/mol. The number of hydrogen-bond acceptors (Lipinski definition) is 2. The molecule has 0 aromatic carbocycles. The molecule has 4 N–H and O–H groups in total. The quantitative estimate of drug-likeness (QED) is 0.420. The molecule has 0 spiro atoms. The fourth-order valence-electron chi connectivity index (χ4n) is 0. The van der Waals surface area contributed by atoms with Crippen LogP contribution in [-0.4, -0.2) is 11.0 Å². The monoisotopic (exact) mass is 165 g/mol. The average molecular weight is 166 g/mol. The van der Waals surface area contributed by atoms with Crippen LogP contribution >= 0.6 is 0 Å². The van der Waals surface area contributed by atoms with Crippen LogP contribution in [-0.2, 0) is 24.6 Å². The SMILES string of the molecule is O.O.[O]=[Tc]=[O]. The number of rotatable bonds is 0. The molecular formula is H4O4Tc. The van der Waals surface area contributed by atoms with E-state index < -0.39 is 17.6 Å². The third kappa shape index (κ3) is 684. The molecule has 35 valence electrons. The molecule has 0 saturated carbocycles. The zero-order valence-electron chi connectivity index (χ0n) is 2.19. The van der Waals surface area contributed by atoms with Crippen molar-refractivity contribution in [3.63, 3.8) is 0 Å². The van der Waals surface area contributed by atoms with E-state index in [-0.39, 0.29) is 11.0 Å². The Bertz CT molecular complexity index is 24.6. The molecule has 0 atom stereocenters. The molecular weight excluding hydrogens is 162 g/mol. The molecule has 0 fully saturated rings. The summed E-state index contributed by atoms with van der Waals surface area (Å²) in [5.74, 6) is 0. The second-order valence-electron chi connectivity index (χ2n) is 0.0630. The van der Waals surface area contributed by atoms with Crippen molar-refractivity contribution < 1.29 is 35.6 Å². The first kappa shape index (κ1) is 19.1. The van der Waals surface area contributed by atoms with Gasteiger partial charge in [0.25, 0.3) is 0 Å². The van der Waals surface area contributed by atoms with Crippen LogP contribution < -0.4 is 0 Å². The van der Waals surface area contributed by atoms with E-state index in [2.05, 4.69) is 0 Å². The van der Waals surface area contributed by atoms with Crippen molar-refractivity contribution in [2.75, 3.05) is 0 Å². The summed E-state index contributed by atoms with van der Waals surface area (Å²) in [7, 11) is 0. The molecule has 0 rings (SSSR count). The molecule has 0 bridgehead atoms. The second kappa shape index (κ2) is 30.6. The Balaban J connectivity index is -0.0000000200. The first-order valence-electron chi connectivity index (χ1n) is 0.309. The molecule has 5 heteroatoms. The van der Waals surface area contributed by atoms with Crippen LogP contribution in [0.15, 0.2) is 0 Å². The van der Waals surface area contributed by atoms with Gasteiger partial charge in [-0.15, -0.1) is 0 Å². The summed E-state index contributed by atoms with van der Waals surface area (Å²) in [5.41, 5.74) is 0. The standard InChI is InChI=1S/2H2O.2O.Tc/h2*1H2;;;. The van der Waals surface area contributed by atoms with Gasteiger partial charge in [0, 0.05) is 0 Å². The number of hydrogen-bond donors (Lipinski definition) is 0. The van der Waals surface area contributed by atoms with Crippen molar-refractivity contribution in [2.24, 2.45) is 0 Å². The van der Waals surface area contributed by atoms with E-state index in [1.54, 1.807) is 0 Å². The van der Waals surface area contributed by atoms with Gasteiger partial charge in [-0.05, 0) is 0 Å². The molecule has 0 aromatic heterocycles. The summed E-state index contributed by atoms with van der Waals surface area (Å²) in [6.07, 6.45) is 0. The van der Waals surface area contributed by atoms with Gasteiger partial charge in [0.2, 0.25) is 0 Å². The molecule has 4 nitrogen and oxygen atoms in total. The summed E-state index contributed by atoms with van der Waals surface area (Å²) >= 11 is -1.91. The first-order chi connectivity index (χ1) is 1.41. The molecule has 5 heavy (non-hydrogen) atoms. The Labute approximate surface area is 36.3 Å². The van der Waals surface area contributed by atoms with Crippen LogP contribution in [0.2, 0.25) is 0 Å². The Morgan fingerprint density at radius 1 is 1.00 bits per heavy atom. The van der Waals surface area contributed by atoms with Crippen LogP contribution in [0.1, 0.15) is 0 Å². The van der Waals surface area contributed by atoms with Crippen molar-refractivity contribution in [2.45, 2.75) is 0 Å². The molecule has 0 heterocycles. The van der Waals surface area contributed by atoms with Gasteiger partial charge in [0.15, 0.2) is 0 Å². The summed E-state index contributed by atoms with van der Waals surface area (Å²) in [6.45, 7) is 0. The molecule has 0 aromatic rings. The molecule has 0 saturated heterocycles. The van der Waals surface area contributed by atoms with Gasteiger partial charge >= 0.3 is 24.6 Å². The predicted octanol–water partition coefficient (Wildman–Crippen LogP) is -1.89. The van der Waals surface area contributed by atoms with Gasteiger partial charge in [-0.3, -0.25) is 0 Å². The molecule has 0 radical (unpaired) electrons. The maximum atomic E-state index is 8.48. The Morgan fingerprint density at radius 3 is 1.00 bits per heavy atom. The van der Waals surface area contributed by atoms with Crippen LogP contribution in [0.25, 0.3) is 0 Å². The van der Waals surface area contributed by atoms with E-state index in [0.29, 0.717) is 0 Å². The Kier molecular flexibility index (Phi) is 117. The molecule has 0 aliphatic rings. The van der Waals surface area contributed by atoms with E-state index >= 15 is 0 Å². The van der Waals surface area contributed by atoms with Gasteiger partial charge in [0.05, 0.1) is 0 Å². The fourth-order valence-corrected chi connectivity index (χ4v) is 0. The molecule has 0 aliphatic heterocycles. The topological polar surface area (TPSA) is 97.1 Å². The van der Waals surface area contributed by atoms with Crippen molar-refractivity contribution >= 4 is 0 Å². The molecule has 0 unspecified atom stereocenters. The van der Waals surface area contributed by atoms with Crippen molar-refractivity contribution in [3.05, 3.63) is 0 Å². The zero-order valence-corrected chi connectivity index (χ0v) is 4.05. The molecule has 0 aliphatic carbocycles. The second-order valence-corrected chi connectivity index (χ2v) is 0.373. The summed E-state index contributed by atoms with van der Waals surface area (Å²) in [4.78, 5) is 0. The van der Waals surface area contributed by atoms with E-state index in [1.807, 2.05) is 0 Å². The first-order valence-corrected chi connectivity index (χ1v) is 1.83. The van der Waals surface area contributed by atoms with Crippen molar-refractivity contribution in [1.82, 2.24) is 0 Å². The Hall–Kier alpha value is 0.169. The van der Waals surface area contributed by atoms with Gasteiger partial charge in [-0.25, -0.2) is 0 Å². The van der Waals surface area contributed by atoms with E-state index in [0.717, 1.165) is 0 Å². The average Bonchev–Trinajstić information content (AvgIpc) is 0.918. The summed E-state index contributed by atoms with van der Waals surface area (Å²) in [5, 5.41) is 0. The normalized spacial score (nSPS) is 2.40. The van der Waals surface area contributed by atoms with Gasteiger partial charge in [-0.1, -0.05) is 0 Å². The van der Waals surface area contributed by atoms with Crippen molar-refractivity contribution in [1.29, 1.82) is 0 Å². The third-order valence-corrected chi connectivity index (χ3v) is 0. The molecule has 0 amide bonds. The third-order valence-electron chi connectivity index (χ3n) is 0. The summed E-state index contributed by atoms with van der Waals surface area (Å²) < 4.78 is 17.0. The maximum absolute atomic E-state index is 8.48. The zero-order chi connectivity index (χ0) is 2.71. The van der Waals surface area contributed by atoms with Gasteiger partial charge in [0.1, 0.15) is 0 Å². The van der Waals surface area contributed by atoms with E-state index in [9.17, 15) is 0 Å². The van der Waals surface area contributed by atoms with Crippen LogP contribution in [0.3, 0.4) is 0 Å². The summed E-state index contributed by atoms with van der Waals surface area (Å²) in [6, 6.07) is 0. The minimum absolute atomic E-state index is 0. The van der Waals surface area contributed by atoms with E-state index in [1.165, 1.54) is 0 Å².